The molecule has 0 aromatic carbocycles. The first-order valence-electron chi connectivity index (χ1n) is 5.23. The summed E-state index contributed by atoms with van der Waals surface area (Å²) in [7, 11) is -4.64. The first kappa shape index (κ1) is 18.6. The molecule has 0 saturated heterocycles. The number of rotatable bonds is 8. The molecule has 0 spiro atoms. The van der Waals surface area contributed by atoms with Crippen LogP contribution in [0.3, 0.4) is 0 Å². The molecule has 7 heteroatoms. The fourth-order valence-electron chi connectivity index (χ4n) is 1.23. The molecule has 0 aromatic rings. The van der Waals surface area contributed by atoms with Crippen LogP contribution in [0.4, 0.5) is 0 Å². The Morgan fingerprint density at radius 2 is 1.62 bits per heavy atom. The van der Waals surface area contributed by atoms with Crippen LogP contribution in [0.15, 0.2) is 0 Å². The van der Waals surface area contributed by atoms with E-state index in [0.29, 0.717) is 6.42 Å². The molecule has 0 radical (unpaired) electrons. The number of carbonyl (C=O) groups is 1. The van der Waals surface area contributed by atoms with Gasteiger partial charge in [-0.3, -0.25) is 14.6 Å². The predicted molar refractivity (Wildman–Crippen MR) is 56.1 cm³/mol. The van der Waals surface area contributed by atoms with Crippen LogP contribution in [0.25, 0.3) is 0 Å². The van der Waals surface area contributed by atoms with Gasteiger partial charge in [0.05, 0.1) is 0 Å². The molecule has 0 fully saturated rings. The van der Waals surface area contributed by atoms with Crippen LogP contribution in [0.2, 0.25) is 0 Å². The standard InChI is InChI=1S/C9H19O5P.Zn/c1-2-3-4-5-6-7-8-9(10)14-15(11,12)13;/h2-8H2,1H3,(H2,11,12,13);. The van der Waals surface area contributed by atoms with E-state index in [1.54, 1.807) is 0 Å². The van der Waals surface area contributed by atoms with Crippen molar-refractivity contribution in [2.24, 2.45) is 0 Å². The Balaban J connectivity index is 0. The van der Waals surface area contributed by atoms with Crippen molar-refractivity contribution in [2.45, 2.75) is 51.9 Å². The third kappa shape index (κ3) is 14.2. The third-order valence-electron chi connectivity index (χ3n) is 1.96. The number of hydrogen-bond acceptors (Lipinski definition) is 3. The van der Waals surface area contributed by atoms with Crippen molar-refractivity contribution in [3.8, 4) is 0 Å². The van der Waals surface area contributed by atoms with Crippen LogP contribution in [0.1, 0.15) is 51.9 Å². The van der Waals surface area contributed by atoms with E-state index < -0.39 is 13.8 Å². The van der Waals surface area contributed by atoms with Crippen LogP contribution in [-0.2, 0) is 33.4 Å². The minimum atomic E-state index is -4.64. The number of unbranched alkanes of at least 4 members (excludes halogenated alkanes) is 5. The normalized spacial score (nSPS) is 10.7. The average molecular weight is 304 g/mol. The molecule has 2 N–H and O–H groups in total. The summed E-state index contributed by atoms with van der Waals surface area (Å²) in [4.78, 5) is 27.5. The van der Waals surface area contributed by atoms with Crippen LogP contribution in [0.5, 0.6) is 0 Å². The average Bonchev–Trinajstić information content (AvgIpc) is 2.08. The number of phosphoric ester groups is 1. The molecule has 92 valence electrons. The quantitative estimate of drug-likeness (QED) is 0.408. The SMILES string of the molecule is CCCCCCCCC(=O)OP(=O)(O)O.[Zn]. The van der Waals surface area contributed by atoms with E-state index >= 15 is 0 Å². The Morgan fingerprint density at radius 1 is 1.12 bits per heavy atom. The minimum absolute atomic E-state index is 0. The maximum absolute atomic E-state index is 10.8. The smallest absolute Gasteiger partial charge is 0.371 e. The second kappa shape index (κ2) is 10.4. The van der Waals surface area contributed by atoms with Crippen molar-refractivity contribution < 1.29 is 43.1 Å². The number of hydrogen-bond donors (Lipinski definition) is 2. The molecule has 0 rings (SSSR count). The van der Waals surface area contributed by atoms with Gasteiger partial charge >= 0.3 is 13.8 Å². The van der Waals surface area contributed by atoms with Crippen LogP contribution in [-0.4, -0.2) is 15.8 Å². The molecule has 0 amide bonds. The van der Waals surface area contributed by atoms with Gasteiger partial charge in [0.1, 0.15) is 0 Å². The van der Waals surface area contributed by atoms with Gasteiger partial charge in [0.25, 0.3) is 0 Å². The van der Waals surface area contributed by atoms with E-state index in [1.807, 2.05) is 0 Å². The van der Waals surface area contributed by atoms with Gasteiger partial charge in [-0.1, -0.05) is 39.0 Å². The van der Waals surface area contributed by atoms with Crippen LogP contribution in [0, 0.1) is 0 Å². The summed E-state index contributed by atoms with van der Waals surface area (Å²) in [6.45, 7) is 2.12. The summed E-state index contributed by atoms with van der Waals surface area (Å²) in [5.74, 6) is -0.821. The maximum Gasteiger partial charge on any atom is 0.526 e. The van der Waals surface area contributed by atoms with Crippen molar-refractivity contribution in [1.29, 1.82) is 0 Å². The second-order valence-electron chi connectivity index (χ2n) is 3.47. The topological polar surface area (TPSA) is 83.8 Å². The van der Waals surface area contributed by atoms with Crippen molar-refractivity contribution in [3.63, 3.8) is 0 Å². The van der Waals surface area contributed by atoms with Crippen molar-refractivity contribution in [1.82, 2.24) is 0 Å². The van der Waals surface area contributed by atoms with E-state index in [9.17, 15) is 9.36 Å². The summed E-state index contributed by atoms with van der Waals surface area (Å²) >= 11 is 0. The molecule has 0 saturated carbocycles. The molecule has 0 aromatic heterocycles. The molecule has 0 bridgehead atoms. The fourth-order valence-corrected chi connectivity index (χ4v) is 1.58. The summed E-state index contributed by atoms with van der Waals surface area (Å²) in [6, 6.07) is 0. The van der Waals surface area contributed by atoms with Crippen molar-refractivity contribution in [2.75, 3.05) is 0 Å². The Bertz CT molecular complexity index is 228. The predicted octanol–water partition coefficient (Wildman–Crippen LogP) is 2.37. The van der Waals surface area contributed by atoms with E-state index in [4.69, 9.17) is 9.79 Å². The molecule has 0 aliphatic carbocycles. The van der Waals surface area contributed by atoms with Gasteiger partial charge in [-0.25, -0.2) is 4.57 Å². The molecular formula is C9H19O5PZn. The van der Waals surface area contributed by atoms with Gasteiger partial charge in [-0.15, -0.1) is 0 Å². The van der Waals surface area contributed by atoms with Crippen molar-refractivity contribution in [3.05, 3.63) is 0 Å². The molecule has 0 unspecified atom stereocenters. The van der Waals surface area contributed by atoms with E-state index in [1.165, 1.54) is 12.8 Å². The summed E-state index contributed by atoms with van der Waals surface area (Å²) in [5.41, 5.74) is 0. The Kier molecular flexibility index (Phi) is 12.1. The fraction of sp³-hybridized carbons (Fsp3) is 0.889. The van der Waals surface area contributed by atoms with E-state index in [0.717, 1.165) is 19.3 Å². The molecule has 0 aliphatic rings. The monoisotopic (exact) mass is 302 g/mol. The number of carbonyl (C=O) groups excluding carboxylic acids is 1. The Morgan fingerprint density at radius 3 is 2.12 bits per heavy atom. The van der Waals surface area contributed by atoms with E-state index in [2.05, 4.69) is 11.4 Å². The van der Waals surface area contributed by atoms with E-state index in [-0.39, 0.29) is 25.9 Å². The largest absolute Gasteiger partial charge is 0.526 e. The van der Waals surface area contributed by atoms with Crippen molar-refractivity contribution >= 4 is 13.8 Å². The Labute approximate surface area is 109 Å². The van der Waals surface area contributed by atoms with Crippen LogP contribution >= 0.6 is 7.82 Å². The Hall–Kier alpha value is 0.243. The first-order chi connectivity index (χ1) is 6.95. The van der Waals surface area contributed by atoms with Gasteiger partial charge in [0.15, 0.2) is 0 Å². The van der Waals surface area contributed by atoms with Gasteiger partial charge in [0, 0.05) is 25.9 Å². The number of phosphoric acid groups is 1. The summed E-state index contributed by atoms with van der Waals surface area (Å²) in [6.07, 6.45) is 6.16. The molecule has 0 atom stereocenters. The molecule has 5 nitrogen and oxygen atoms in total. The third-order valence-corrected chi connectivity index (χ3v) is 2.40. The van der Waals surface area contributed by atoms with Gasteiger partial charge in [-0.2, -0.15) is 0 Å². The molecular weight excluding hydrogens is 284 g/mol. The summed E-state index contributed by atoms with van der Waals surface area (Å²) in [5, 5.41) is 0. The zero-order chi connectivity index (χ0) is 11.7. The molecule has 0 aliphatic heterocycles. The second-order valence-corrected chi connectivity index (χ2v) is 4.64. The summed E-state index contributed by atoms with van der Waals surface area (Å²) < 4.78 is 14.2. The zero-order valence-corrected chi connectivity index (χ0v) is 13.6. The van der Waals surface area contributed by atoms with Gasteiger partial charge in [-0.05, 0) is 6.42 Å². The first-order valence-corrected chi connectivity index (χ1v) is 6.76. The van der Waals surface area contributed by atoms with Gasteiger partial charge < -0.3 is 4.52 Å². The molecule has 16 heavy (non-hydrogen) atoms. The molecule has 0 heterocycles. The van der Waals surface area contributed by atoms with Crippen LogP contribution < -0.4 is 0 Å². The minimum Gasteiger partial charge on any atom is -0.371 e. The maximum atomic E-state index is 10.8. The zero-order valence-electron chi connectivity index (χ0n) is 9.72. The van der Waals surface area contributed by atoms with Gasteiger partial charge in [0.2, 0.25) is 0 Å².